The van der Waals surface area contributed by atoms with Crippen LogP contribution in [-0.2, 0) is 4.79 Å². The highest BCUT2D eigenvalue weighted by Gasteiger charge is 2.43. The predicted octanol–water partition coefficient (Wildman–Crippen LogP) is 5.27. The van der Waals surface area contributed by atoms with Crippen LogP contribution in [0.2, 0.25) is 5.15 Å². The molecule has 29 heavy (non-hydrogen) atoms. The van der Waals surface area contributed by atoms with Gasteiger partial charge in [-0.15, -0.1) is 11.8 Å². The van der Waals surface area contributed by atoms with E-state index in [1.54, 1.807) is 31.5 Å². The van der Waals surface area contributed by atoms with E-state index in [-0.39, 0.29) is 22.6 Å². The topological polar surface area (TPSA) is 51.0 Å². The number of pyridine rings is 1. The summed E-state index contributed by atoms with van der Waals surface area (Å²) in [6.07, 6.45) is 3.09. The van der Waals surface area contributed by atoms with E-state index in [2.05, 4.69) is 10.1 Å². The van der Waals surface area contributed by atoms with Crippen LogP contribution in [0.25, 0.3) is 5.69 Å². The number of halogens is 4. The number of carbonyl (C=O) groups is 1. The highest BCUT2D eigenvalue weighted by atomic mass is 35.5. The quantitative estimate of drug-likeness (QED) is 0.581. The summed E-state index contributed by atoms with van der Waals surface area (Å²) in [4.78, 5) is 18.1. The van der Waals surface area contributed by atoms with Crippen molar-refractivity contribution < 1.29 is 18.0 Å². The Morgan fingerprint density at radius 2 is 2.14 bits per heavy atom. The van der Waals surface area contributed by atoms with Crippen molar-refractivity contribution in [1.29, 1.82) is 0 Å². The maximum absolute atomic E-state index is 13.6. The summed E-state index contributed by atoms with van der Waals surface area (Å²) in [7, 11) is 0. The fourth-order valence-corrected chi connectivity index (χ4v) is 5.09. The largest absolute Gasteiger partial charge is 0.401 e. The number of nitrogens with zero attached hydrogens (tertiary/aromatic N) is 4. The minimum absolute atomic E-state index is 0.0404. The second kappa shape index (κ2) is 9.38. The summed E-state index contributed by atoms with van der Waals surface area (Å²) in [6.45, 7) is 1.89. The van der Waals surface area contributed by atoms with E-state index < -0.39 is 23.8 Å². The molecular weight excluding hydrogens is 425 g/mol. The van der Waals surface area contributed by atoms with Crippen LogP contribution in [0, 0.1) is 0 Å². The van der Waals surface area contributed by atoms with E-state index in [1.165, 1.54) is 15.8 Å². The molecule has 0 aromatic carbocycles. The molecule has 1 saturated carbocycles. The van der Waals surface area contributed by atoms with Crippen LogP contribution >= 0.6 is 23.4 Å². The molecule has 1 aliphatic rings. The molecule has 2 heterocycles. The molecule has 2 aromatic heterocycles. The summed E-state index contributed by atoms with van der Waals surface area (Å²) in [5, 5.41) is 2.45. The molecule has 1 unspecified atom stereocenters. The number of alkyl halides is 3. The van der Waals surface area contributed by atoms with Gasteiger partial charge in [-0.2, -0.15) is 18.3 Å². The number of thioether (sulfide) groups is 1. The summed E-state index contributed by atoms with van der Waals surface area (Å²) >= 11 is 7.09. The highest BCUT2D eigenvalue weighted by Crippen LogP contribution is 2.41. The van der Waals surface area contributed by atoms with Gasteiger partial charge in [-0.1, -0.05) is 24.4 Å². The van der Waals surface area contributed by atoms with Crippen molar-refractivity contribution >= 4 is 35.0 Å². The van der Waals surface area contributed by atoms with Gasteiger partial charge in [0.1, 0.15) is 10.9 Å². The van der Waals surface area contributed by atoms with Gasteiger partial charge in [0.15, 0.2) is 5.15 Å². The molecule has 158 valence electrons. The number of carbonyl (C=O) groups excluding carboxylic acids is 1. The van der Waals surface area contributed by atoms with Crippen LogP contribution in [0.15, 0.2) is 30.7 Å². The lowest BCUT2D eigenvalue weighted by atomic mass is 10.2. The highest BCUT2D eigenvalue weighted by molar-refractivity contribution is 8.00. The van der Waals surface area contributed by atoms with E-state index in [1.807, 2.05) is 0 Å². The van der Waals surface area contributed by atoms with Crippen molar-refractivity contribution in [2.45, 2.75) is 55.7 Å². The SMILES string of the molecule is CCN(C(=O)CC(SC1CCCC1)C(F)(F)F)c1cn(-c2cccnc2)nc1Cl. The Labute approximate surface area is 176 Å². The van der Waals surface area contributed by atoms with Gasteiger partial charge in [0, 0.05) is 24.4 Å². The third-order valence-corrected chi connectivity index (χ3v) is 6.74. The zero-order valence-electron chi connectivity index (χ0n) is 15.9. The van der Waals surface area contributed by atoms with Gasteiger partial charge in [-0.25, -0.2) is 4.68 Å². The lowest BCUT2D eigenvalue weighted by molar-refractivity contribution is -0.138. The fourth-order valence-electron chi connectivity index (χ4n) is 3.39. The molecule has 0 N–H and O–H groups in total. The van der Waals surface area contributed by atoms with Crippen LogP contribution in [0.1, 0.15) is 39.0 Å². The van der Waals surface area contributed by atoms with E-state index in [0.29, 0.717) is 5.69 Å². The Balaban J connectivity index is 1.78. The Morgan fingerprint density at radius 3 is 2.72 bits per heavy atom. The fraction of sp³-hybridized carbons (Fsp3) is 0.526. The van der Waals surface area contributed by atoms with Crippen LogP contribution in [0.5, 0.6) is 0 Å². The standard InChI is InChI=1S/C19H22ClF3N4OS/c1-2-26(15-12-27(25-18(15)20)13-6-5-9-24-11-13)17(28)10-16(19(21,22)23)29-14-7-3-4-8-14/h5-6,9,11-12,14,16H,2-4,7-8,10H2,1H3. The average molecular weight is 447 g/mol. The van der Waals surface area contributed by atoms with E-state index in [9.17, 15) is 18.0 Å². The first-order valence-electron chi connectivity index (χ1n) is 9.47. The van der Waals surface area contributed by atoms with Gasteiger partial charge in [0.2, 0.25) is 5.91 Å². The monoisotopic (exact) mass is 446 g/mol. The molecular formula is C19H22ClF3N4OS. The Morgan fingerprint density at radius 1 is 1.41 bits per heavy atom. The summed E-state index contributed by atoms with van der Waals surface area (Å²) in [5.41, 5.74) is 0.920. The van der Waals surface area contributed by atoms with Gasteiger partial charge in [-0.05, 0) is 31.9 Å². The minimum Gasteiger partial charge on any atom is -0.308 e. The molecule has 0 bridgehead atoms. The molecule has 0 saturated heterocycles. The van der Waals surface area contributed by atoms with Gasteiger partial charge in [0.25, 0.3) is 0 Å². The first-order chi connectivity index (χ1) is 13.8. The van der Waals surface area contributed by atoms with E-state index >= 15 is 0 Å². The van der Waals surface area contributed by atoms with Crippen molar-refractivity contribution in [3.8, 4) is 5.69 Å². The Kier molecular flexibility index (Phi) is 7.10. The molecule has 3 rings (SSSR count). The number of hydrogen-bond donors (Lipinski definition) is 0. The number of amides is 1. The van der Waals surface area contributed by atoms with Gasteiger partial charge in [0.05, 0.1) is 18.1 Å². The number of rotatable bonds is 7. The second-order valence-corrected chi connectivity index (χ2v) is 8.74. The Hall–Kier alpha value is -1.74. The predicted molar refractivity (Wildman–Crippen MR) is 109 cm³/mol. The maximum Gasteiger partial charge on any atom is 0.401 e. The molecule has 0 spiro atoms. The summed E-state index contributed by atoms with van der Waals surface area (Å²) < 4.78 is 42.2. The van der Waals surface area contributed by atoms with Crippen molar-refractivity contribution in [2.24, 2.45) is 0 Å². The molecule has 0 radical (unpaired) electrons. The summed E-state index contributed by atoms with van der Waals surface area (Å²) in [5.74, 6) is -0.618. The smallest absolute Gasteiger partial charge is 0.308 e. The van der Waals surface area contributed by atoms with Gasteiger partial charge in [-0.3, -0.25) is 9.78 Å². The zero-order valence-corrected chi connectivity index (χ0v) is 17.5. The van der Waals surface area contributed by atoms with Crippen molar-refractivity contribution in [3.05, 3.63) is 35.9 Å². The second-order valence-electron chi connectivity index (χ2n) is 6.88. The maximum atomic E-state index is 13.6. The van der Waals surface area contributed by atoms with Gasteiger partial charge < -0.3 is 4.90 Å². The van der Waals surface area contributed by atoms with Crippen LogP contribution in [0.4, 0.5) is 18.9 Å². The van der Waals surface area contributed by atoms with Crippen LogP contribution in [0.3, 0.4) is 0 Å². The van der Waals surface area contributed by atoms with E-state index in [0.717, 1.165) is 37.4 Å². The molecule has 1 atom stereocenters. The molecule has 0 aliphatic heterocycles. The normalized spacial score (nSPS) is 16.2. The van der Waals surface area contributed by atoms with Gasteiger partial charge >= 0.3 is 6.18 Å². The molecule has 1 fully saturated rings. The van der Waals surface area contributed by atoms with Crippen molar-refractivity contribution in [3.63, 3.8) is 0 Å². The molecule has 2 aromatic rings. The lowest BCUT2D eigenvalue weighted by Gasteiger charge is -2.26. The number of hydrogen-bond acceptors (Lipinski definition) is 4. The van der Waals surface area contributed by atoms with Crippen LogP contribution in [-0.4, -0.2) is 43.9 Å². The molecule has 10 heteroatoms. The number of anilines is 1. The van der Waals surface area contributed by atoms with Crippen LogP contribution < -0.4 is 4.90 Å². The zero-order chi connectivity index (χ0) is 21.0. The third-order valence-electron chi connectivity index (χ3n) is 4.85. The van der Waals surface area contributed by atoms with Crippen molar-refractivity contribution in [2.75, 3.05) is 11.4 Å². The lowest BCUT2D eigenvalue weighted by Crippen LogP contribution is -2.37. The minimum atomic E-state index is -4.44. The summed E-state index contributed by atoms with van der Waals surface area (Å²) in [6, 6.07) is 3.48. The van der Waals surface area contributed by atoms with Crippen molar-refractivity contribution in [1.82, 2.24) is 14.8 Å². The molecule has 1 aliphatic carbocycles. The first kappa shape index (κ1) is 22.0. The molecule has 1 amide bonds. The first-order valence-corrected chi connectivity index (χ1v) is 10.8. The Bertz CT molecular complexity index is 825. The third kappa shape index (κ3) is 5.45. The molecule has 5 nitrogen and oxygen atoms in total. The average Bonchev–Trinajstić information content (AvgIpc) is 3.32. The van der Waals surface area contributed by atoms with E-state index in [4.69, 9.17) is 11.6 Å². The number of aromatic nitrogens is 3.